The van der Waals surface area contributed by atoms with E-state index in [-0.39, 0.29) is 0 Å². The monoisotopic (exact) mass is 241 g/mol. The number of benzene rings is 1. The predicted octanol–water partition coefficient (Wildman–Crippen LogP) is 3.34. The van der Waals surface area contributed by atoms with Crippen molar-refractivity contribution in [1.82, 2.24) is 4.98 Å². The quantitative estimate of drug-likeness (QED) is 0.748. The van der Waals surface area contributed by atoms with Crippen LogP contribution in [0.3, 0.4) is 0 Å². The van der Waals surface area contributed by atoms with E-state index in [9.17, 15) is 0 Å². The first kappa shape index (κ1) is 12.6. The Kier molecular flexibility index (Phi) is 4.35. The summed E-state index contributed by atoms with van der Waals surface area (Å²) < 4.78 is 2.31. The van der Waals surface area contributed by atoms with Gasteiger partial charge in [-0.2, -0.15) is 0 Å². The Morgan fingerprint density at radius 1 is 1.28 bits per heavy atom. The van der Waals surface area contributed by atoms with E-state index in [4.69, 9.17) is 0 Å². The van der Waals surface area contributed by atoms with Gasteiger partial charge in [0.1, 0.15) is 6.20 Å². The number of nitrogens with one attached hydrogen (secondary N) is 1. The van der Waals surface area contributed by atoms with Crippen LogP contribution in [0.2, 0.25) is 0 Å². The number of nitrogens with zero attached hydrogens (tertiary/aromatic N) is 1. The van der Waals surface area contributed by atoms with Crippen LogP contribution in [0.1, 0.15) is 36.8 Å². The van der Waals surface area contributed by atoms with Crippen LogP contribution in [0.4, 0.5) is 0 Å². The van der Waals surface area contributed by atoms with Gasteiger partial charge in [0, 0.05) is 0 Å². The molecule has 0 aliphatic rings. The molecule has 2 heteroatoms. The minimum absolute atomic E-state index is 0.943. The largest absolute Gasteiger partial charge is 0.259 e. The molecule has 1 N–H and O–H groups in total. The Bertz CT molecular complexity index is 497. The highest BCUT2D eigenvalue weighted by atomic mass is 15.1. The number of aromatic amines is 1. The van der Waals surface area contributed by atoms with Crippen LogP contribution in [0.15, 0.2) is 43.1 Å². The van der Waals surface area contributed by atoms with Crippen molar-refractivity contribution >= 4 is 6.08 Å². The molecule has 0 bridgehead atoms. The van der Waals surface area contributed by atoms with Gasteiger partial charge in [-0.1, -0.05) is 50.3 Å². The minimum atomic E-state index is 0.943. The number of aromatic nitrogens is 2. The molecule has 0 aliphatic carbocycles. The maximum atomic E-state index is 3.83. The average Bonchev–Trinajstić information content (AvgIpc) is 2.80. The summed E-state index contributed by atoms with van der Waals surface area (Å²) in [6.07, 6.45) is 7.39. The van der Waals surface area contributed by atoms with Gasteiger partial charge in [0.2, 0.25) is 0 Å². The summed E-state index contributed by atoms with van der Waals surface area (Å²) in [4.78, 5) is 3.43. The van der Waals surface area contributed by atoms with Crippen molar-refractivity contribution < 1.29 is 4.57 Å². The smallest absolute Gasteiger partial charge is 0.241 e. The van der Waals surface area contributed by atoms with Crippen molar-refractivity contribution in [2.45, 2.75) is 32.7 Å². The molecule has 0 radical (unpaired) electrons. The van der Waals surface area contributed by atoms with E-state index in [1.165, 1.54) is 24.2 Å². The van der Waals surface area contributed by atoms with Crippen molar-refractivity contribution in [2.75, 3.05) is 0 Å². The molecule has 0 unspecified atom stereocenters. The van der Waals surface area contributed by atoms with Crippen LogP contribution in [-0.2, 0) is 13.0 Å². The molecule has 94 valence electrons. The summed E-state index contributed by atoms with van der Waals surface area (Å²) in [7, 11) is 0. The van der Waals surface area contributed by atoms with Gasteiger partial charge in [-0.15, -0.1) is 0 Å². The van der Waals surface area contributed by atoms with Gasteiger partial charge < -0.3 is 0 Å². The van der Waals surface area contributed by atoms with E-state index in [1.54, 1.807) is 0 Å². The number of hydrogen-bond acceptors (Lipinski definition) is 0. The molecular weight excluding hydrogens is 220 g/mol. The first-order chi connectivity index (χ1) is 8.83. The van der Waals surface area contributed by atoms with E-state index >= 15 is 0 Å². The Balaban J connectivity index is 2.19. The number of aryl methyl sites for hydroxylation is 1. The lowest BCUT2D eigenvalue weighted by molar-refractivity contribution is -0.702. The van der Waals surface area contributed by atoms with Crippen LogP contribution in [0, 0.1) is 0 Å². The topological polar surface area (TPSA) is 19.7 Å². The number of H-pyrrole nitrogens is 1. The zero-order chi connectivity index (χ0) is 12.8. The standard InChI is InChI=1S/C16H20N2/c1-3-5-11-18-13-15(4-2)17-16(18)12-14-9-7-6-8-10-14/h4,6-10,13H,2-3,5,11-12H2,1H3/p+1. The van der Waals surface area contributed by atoms with Gasteiger partial charge in [0.25, 0.3) is 5.82 Å². The van der Waals surface area contributed by atoms with Gasteiger partial charge in [-0.05, 0) is 18.1 Å². The zero-order valence-electron chi connectivity index (χ0n) is 11.0. The average molecular weight is 241 g/mol. The molecule has 18 heavy (non-hydrogen) atoms. The summed E-state index contributed by atoms with van der Waals surface area (Å²) in [5.74, 6) is 1.25. The molecule has 0 saturated heterocycles. The van der Waals surface area contributed by atoms with Gasteiger partial charge >= 0.3 is 0 Å². The lowest BCUT2D eigenvalue weighted by Crippen LogP contribution is -2.36. The first-order valence-electron chi connectivity index (χ1n) is 6.61. The molecule has 1 aromatic carbocycles. The molecular formula is C16H21N2+. The third kappa shape index (κ3) is 3.10. The number of rotatable bonds is 6. The predicted molar refractivity (Wildman–Crippen MR) is 75.2 cm³/mol. The fraction of sp³-hybridized carbons (Fsp3) is 0.312. The van der Waals surface area contributed by atoms with Crippen molar-refractivity contribution in [1.29, 1.82) is 0 Å². The molecule has 1 heterocycles. The SMILES string of the molecule is C=Cc1c[n+](CCCC)c(Cc2ccccc2)[nH]1. The summed E-state index contributed by atoms with van der Waals surface area (Å²) >= 11 is 0. The van der Waals surface area contributed by atoms with E-state index < -0.39 is 0 Å². The van der Waals surface area contributed by atoms with Crippen molar-refractivity contribution in [3.05, 3.63) is 60.2 Å². The Morgan fingerprint density at radius 2 is 2.06 bits per heavy atom. The lowest BCUT2D eigenvalue weighted by Gasteiger charge is -2.00. The fourth-order valence-electron chi connectivity index (χ4n) is 2.08. The summed E-state index contributed by atoms with van der Waals surface area (Å²) in [5.41, 5.74) is 2.43. The van der Waals surface area contributed by atoms with Crippen molar-refractivity contribution in [3.8, 4) is 0 Å². The zero-order valence-corrected chi connectivity index (χ0v) is 11.0. The molecule has 2 aromatic rings. The van der Waals surface area contributed by atoms with Crippen LogP contribution in [-0.4, -0.2) is 4.98 Å². The molecule has 0 aliphatic heterocycles. The molecule has 0 fully saturated rings. The van der Waals surface area contributed by atoms with E-state index in [2.05, 4.69) is 59.6 Å². The number of unbranched alkanes of at least 4 members (excludes halogenated alkanes) is 1. The molecule has 0 spiro atoms. The third-order valence-corrected chi connectivity index (χ3v) is 3.12. The summed E-state index contributed by atoms with van der Waals surface area (Å²) in [5, 5.41) is 0. The van der Waals surface area contributed by atoms with Gasteiger partial charge in [-0.3, -0.25) is 0 Å². The lowest BCUT2D eigenvalue weighted by atomic mass is 10.1. The van der Waals surface area contributed by atoms with Crippen molar-refractivity contribution in [2.24, 2.45) is 0 Å². The Labute approximate surface area is 109 Å². The second kappa shape index (κ2) is 6.20. The first-order valence-corrected chi connectivity index (χ1v) is 6.61. The fourth-order valence-corrected chi connectivity index (χ4v) is 2.08. The van der Waals surface area contributed by atoms with Crippen LogP contribution < -0.4 is 4.57 Å². The molecule has 2 rings (SSSR count). The van der Waals surface area contributed by atoms with Gasteiger partial charge in [0.05, 0.1) is 13.0 Å². The highest BCUT2D eigenvalue weighted by molar-refractivity contribution is 5.38. The second-order valence-electron chi connectivity index (χ2n) is 4.57. The van der Waals surface area contributed by atoms with E-state index in [0.717, 1.165) is 18.7 Å². The normalized spacial score (nSPS) is 10.5. The van der Waals surface area contributed by atoms with Gasteiger partial charge in [-0.25, -0.2) is 9.55 Å². The van der Waals surface area contributed by atoms with E-state index in [0.29, 0.717) is 0 Å². The molecule has 1 aromatic heterocycles. The summed E-state index contributed by atoms with van der Waals surface area (Å²) in [6.45, 7) is 7.12. The van der Waals surface area contributed by atoms with Gasteiger partial charge in [0.15, 0.2) is 5.69 Å². The third-order valence-electron chi connectivity index (χ3n) is 3.12. The van der Waals surface area contributed by atoms with Crippen LogP contribution in [0.5, 0.6) is 0 Å². The minimum Gasteiger partial charge on any atom is -0.241 e. The van der Waals surface area contributed by atoms with Crippen LogP contribution in [0.25, 0.3) is 6.08 Å². The van der Waals surface area contributed by atoms with Crippen LogP contribution >= 0.6 is 0 Å². The molecule has 0 atom stereocenters. The second-order valence-corrected chi connectivity index (χ2v) is 4.57. The van der Waals surface area contributed by atoms with Crippen molar-refractivity contribution in [3.63, 3.8) is 0 Å². The molecule has 0 amide bonds. The van der Waals surface area contributed by atoms with E-state index in [1.807, 2.05) is 6.08 Å². The maximum absolute atomic E-state index is 3.83. The highest BCUT2D eigenvalue weighted by Gasteiger charge is 2.13. The molecule has 0 saturated carbocycles. The Hall–Kier alpha value is -1.83. The molecule has 2 nitrogen and oxygen atoms in total. The highest BCUT2D eigenvalue weighted by Crippen LogP contribution is 2.06. The number of hydrogen-bond donors (Lipinski definition) is 1. The Morgan fingerprint density at radius 3 is 2.72 bits per heavy atom. The summed E-state index contributed by atoms with van der Waals surface area (Å²) in [6, 6.07) is 10.6. The maximum Gasteiger partial charge on any atom is 0.259 e. The number of imidazole rings is 1.